The molecule has 1 heterocycles. The van der Waals surface area contributed by atoms with E-state index in [9.17, 15) is 4.79 Å². The van der Waals surface area contributed by atoms with Gasteiger partial charge in [0.2, 0.25) is 0 Å². The lowest BCUT2D eigenvalue weighted by atomic mass is 9.89. The van der Waals surface area contributed by atoms with Gasteiger partial charge in [-0.3, -0.25) is 9.69 Å². The molecule has 0 saturated heterocycles. The number of Topliss-reactive ketones (excluding diaryl/α,β-unsaturated/α-hetero) is 1. The predicted molar refractivity (Wildman–Crippen MR) is 71.1 cm³/mol. The van der Waals surface area contributed by atoms with Crippen molar-refractivity contribution in [3.63, 3.8) is 0 Å². The van der Waals surface area contributed by atoms with Crippen LogP contribution >= 0.6 is 0 Å². The van der Waals surface area contributed by atoms with E-state index in [1.807, 2.05) is 24.0 Å². The van der Waals surface area contributed by atoms with Crippen molar-refractivity contribution in [1.29, 1.82) is 0 Å². The van der Waals surface area contributed by atoms with Crippen LogP contribution in [-0.4, -0.2) is 33.8 Å². The second kappa shape index (κ2) is 4.84. The Kier molecular flexibility index (Phi) is 3.57. The molecule has 0 radical (unpaired) electrons. The lowest BCUT2D eigenvalue weighted by Crippen LogP contribution is -2.31. The average molecular weight is 249 g/mol. The molecule has 1 aliphatic rings. The van der Waals surface area contributed by atoms with Crippen molar-refractivity contribution in [3.8, 4) is 0 Å². The number of carbonyl (C=O) groups excluding carboxylic acids is 1. The fourth-order valence-corrected chi connectivity index (χ4v) is 2.75. The quantitative estimate of drug-likeness (QED) is 0.817. The van der Waals surface area contributed by atoms with Crippen molar-refractivity contribution in [2.24, 2.45) is 18.4 Å². The van der Waals surface area contributed by atoms with Crippen LogP contribution in [-0.2, 0) is 18.4 Å². The molecule has 0 aromatic carbocycles. The normalized spacial score (nSPS) is 22.9. The number of ketones is 1. The van der Waals surface area contributed by atoms with Crippen molar-refractivity contribution in [3.05, 3.63) is 18.2 Å². The number of nitrogens with zero attached hydrogens (tertiary/aromatic N) is 3. The molecule has 1 saturated carbocycles. The van der Waals surface area contributed by atoms with Crippen molar-refractivity contribution in [2.75, 3.05) is 13.6 Å². The SMILES string of the molecule is CN(Cc1nccn1C)CC1CCC(C)(C)C1=O. The number of rotatable bonds is 4. The zero-order valence-electron chi connectivity index (χ0n) is 11.8. The molecule has 2 rings (SSSR count). The molecule has 1 aliphatic carbocycles. The number of hydrogen-bond donors (Lipinski definition) is 0. The zero-order valence-corrected chi connectivity index (χ0v) is 11.8. The van der Waals surface area contributed by atoms with E-state index in [0.717, 1.165) is 31.8 Å². The van der Waals surface area contributed by atoms with Gasteiger partial charge in [-0.25, -0.2) is 4.98 Å². The standard InChI is InChI=1S/C14H23N3O/c1-14(2)6-5-11(13(14)18)9-16(3)10-12-15-7-8-17(12)4/h7-8,11H,5-6,9-10H2,1-4H3. The van der Waals surface area contributed by atoms with Crippen LogP contribution in [0.2, 0.25) is 0 Å². The highest BCUT2D eigenvalue weighted by atomic mass is 16.1. The van der Waals surface area contributed by atoms with Crippen LogP contribution < -0.4 is 0 Å². The third kappa shape index (κ3) is 2.64. The third-order valence-corrected chi connectivity index (χ3v) is 4.02. The predicted octanol–water partition coefficient (Wildman–Crippen LogP) is 1.86. The summed E-state index contributed by atoms with van der Waals surface area (Å²) in [7, 11) is 4.06. The zero-order chi connectivity index (χ0) is 13.3. The van der Waals surface area contributed by atoms with Gasteiger partial charge in [0.1, 0.15) is 11.6 Å². The molecule has 0 bridgehead atoms. The summed E-state index contributed by atoms with van der Waals surface area (Å²) in [6, 6.07) is 0. The molecule has 1 fully saturated rings. The number of aryl methyl sites for hydroxylation is 1. The summed E-state index contributed by atoms with van der Waals surface area (Å²) in [6.45, 7) is 5.77. The molecular weight excluding hydrogens is 226 g/mol. The van der Waals surface area contributed by atoms with E-state index in [2.05, 4.69) is 30.8 Å². The minimum atomic E-state index is -0.116. The highest BCUT2D eigenvalue weighted by molar-refractivity contribution is 5.88. The highest BCUT2D eigenvalue weighted by Gasteiger charge is 2.40. The molecule has 1 atom stereocenters. The average Bonchev–Trinajstić information content (AvgIpc) is 2.78. The monoisotopic (exact) mass is 249 g/mol. The Morgan fingerprint density at radius 1 is 1.56 bits per heavy atom. The first-order chi connectivity index (χ1) is 8.40. The Morgan fingerprint density at radius 3 is 2.78 bits per heavy atom. The first-order valence-electron chi connectivity index (χ1n) is 6.59. The molecule has 0 spiro atoms. The van der Waals surface area contributed by atoms with Gasteiger partial charge in [-0.2, -0.15) is 0 Å². The number of carbonyl (C=O) groups is 1. The number of aromatic nitrogens is 2. The van der Waals surface area contributed by atoms with Crippen LogP contribution in [0.5, 0.6) is 0 Å². The van der Waals surface area contributed by atoms with Gasteiger partial charge in [-0.05, 0) is 19.9 Å². The molecule has 0 N–H and O–H groups in total. The van der Waals surface area contributed by atoms with Crippen molar-refractivity contribution in [2.45, 2.75) is 33.2 Å². The van der Waals surface area contributed by atoms with Crippen LogP contribution in [0, 0.1) is 11.3 Å². The smallest absolute Gasteiger partial charge is 0.142 e. The first kappa shape index (κ1) is 13.3. The number of imidazole rings is 1. The van der Waals surface area contributed by atoms with Gasteiger partial charge in [-0.15, -0.1) is 0 Å². The van der Waals surface area contributed by atoms with E-state index < -0.39 is 0 Å². The minimum absolute atomic E-state index is 0.116. The first-order valence-corrected chi connectivity index (χ1v) is 6.59. The Bertz CT molecular complexity index is 436. The van der Waals surface area contributed by atoms with E-state index in [1.165, 1.54) is 0 Å². The van der Waals surface area contributed by atoms with Gasteiger partial charge in [0.25, 0.3) is 0 Å². The van der Waals surface area contributed by atoms with Crippen molar-refractivity contribution < 1.29 is 4.79 Å². The van der Waals surface area contributed by atoms with Crippen LogP contribution in [0.1, 0.15) is 32.5 Å². The fourth-order valence-electron chi connectivity index (χ4n) is 2.75. The Labute approximate surface area is 109 Å². The summed E-state index contributed by atoms with van der Waals surface area (Å²) in [5.41, 5.74) is -0.116. The lowest BCUT2D eigenvalue weighted by molar-refractivity contribution is -0.127. The lowest BCUT2D eigenvalue weighted by Gasteiger charge is -2.21. The van der Waals surface area contributed by atoms with Crippen molar-refractivity contribution in [1.82, 2.24) is 14.5 Å². The van der Waals surface area contributed by atoms with E-state index in [-0.39, 0.29) is 11.3 Å². The number of hydrogen-bond acceptors (Lipinski definition) is 3. The van der Waals surface area contributed by atoms with E-state index in [0.29, 0.717) is 5.78 Å². The van der Waals surface area contributed by atoms with Gasteiger partial charge >= 0.3 is 0 Å². The van der Waals surface area contributed by atoms with Gasteiger partial charge in [0.15, 0.2) is 0 Å². The Morgan fingerprint density at radius 2 is 2.28 bits per heavy atom. The second-order valence-corrected chi connectivity index (χ2v) is 6.13. The van der Waals surface area contributed by atoms with Crippen LogP contribution in [0.15, 0.2) is 12.4 Å². The summed E-state index contributed by atoms with van der Waals surface area (Å²) in [5.74, 6) is 1.67. The third-order valence-electron chi connectivity index (χ3n) is 4.02. The molecule has 0 amide bonds. The summed E-state index contributed by atoms with van der Waals surface area (Å²) < 4.78 is 2.02. The van der Waals surface area contributed by atoms with E-state index >= 15 is 0 Å². The van der Waals surface area contributed by atoms with E-state index in [4.69, 9.17) is 0 Å². The molecule has 100 valence electrons. The summed E-state index contributed by atoms with van der Waals surface area (Å²) in [4.78, 5) is 18.7. The Hall–Kier alpha value is -1.16. The summed E-state index contributed by atoms with van der Waals surface area (Å²) >= 11 is 0. The van der Waals surface area contributed by atoms with E-state index in [1.54, 1.807) is 0 Å². The van der Waals surface area contributed by atoms with Gasteiger partial charge < -0.3 is 4.57 Å². The molecule has 18 heavy (non-hydrogen) atoms. The largest absolute Gasteiger partial charge is 0.337 e. The molecule has 1 aromatic heterocycles. The van der Waals surface area contributed by atoms with Crippen LogP contribution in [0.25, 0.3) is 0 Å². The molecule has 4 nitrogen and oxygen atoms in total. The van der Waals surface area contributed by atoms with Crippen molar-refractivity contribution >= 4 is 5.78 Å². The maximum atomic E-state index is 12.2. The molecular formula is C14H23N3O. The van der Waals surface area contributed by atoms with Gasteiger partial charge in [0, 0.05) is 37.3 Å². The fraction of sp³-hybridized carbons (Fsp3) is 0.714. The Balaban J connectivity index is 1.91. The topological polar surface area (TPSA) is 38.1 Å². The van der Waals surface area contributed by atoms with Crippen LogP contribution in [0.4, 0.5) is 0 Å². The maximum absolute atomic E-state index is 12.2. The summed E-state index contributed by atoms with van der Waals surface area (Å²) in [6.07, 6.45) is 5.81. The molecule has 0 aliphatic heterocycles. The van der Waals surface area contributed by atoms with Gasteiger partial charge in [0.05, 0.1) is 6.54 Å². The highest BCUT2D eigenvalue weighted by Crippen LogP contribution is 2.37. The molecule has 1 aromatic rings. The minimum Gasteiger partial charge on any atom is -0.337 e. The van der Waals surface area contributed by atoms with Gasteiger partial charge in [-0.1, -0.05) is 13.8 Å². The summed E-state index contributed by atoms with van der Waals surface area (Å²) in [5, 5.41) is 0. The van der Waals surface area contributed by atoms with Crippen LogP contribution in [0.3, 0.4) is 0 Å². The molecule has 1 unspecified atom stereocenters. The second-order valence-electron chi connectivity index (χ2n) is 6.13. The maximum Gasteiger partial charge on any atom is 0.142 e. The molecule has 4 heteroatoms.